The van der Waals surface area contributed by atoms with Gasteiger partial charge in [0.15, 0.2) is 10.8 Å². The van der Waals surface area contributed by atoms with Gasteiger partial charge in [-0.05, 0) is 23.8 Å². The summed E-state index contributed by atoms with van der Waals surface area (Å²) >= 11 is 1.00. The molecule has 2 N–H and O–H groups in total. The molecule has 1 aromatic heterocycles. The Morgan fingerprint density at radius 2 is 2.00 bits per heavy atom. The third-order valence-electron chi connectivity index (χ3n) is 2.48. The van der Waals surface area contributed by atoms with E-state index in [1.165, 1.54) is 41.8 Å². The lowest BCUT2D eigenvalue weighted by Gasteiger charge is -1.96. The van der Waals surface area contributed by atoms with Crippen LogP contribution in [0.3, 0.4) is 0 Å². The maximum Gasteiger partial charge on any atom is 0.355 e. The lowest BCUT2D eigenvalue weighted by Crippen LogP contribution is -2.08. The van der Waals surface area contributed by atoms with Gasteiger partial charge in [-0.3, -0.25) is 20.2 Å². The number of carboxylic acids is 1. The molecular formula is C13H9N3O5S. The van der Waals surface area contributed by atoms with Crippen LogP contribution in [0.2, 0.25) is 0 Å². The molecule has 0 spiro atoms. The number of carbonyl (C=O) groups is 2. The summed E-state index contributed by atoms with van der Waals surface area (Å²) in [5.74, 6) is -1.65. The third-order valence-corrected chi connectivity index (χ3v) is 3.24. The van der Waals surface area contributed by atoms with E-state index in [-0.39, 0.29) is 16.5 Å². The summed E-state index contributed by atoms with van der Waals surface area (Å²) in [4.78, 5) is 36.0. The number of hydrogen-bond acceptors (Lipinski definition) is 6. The first-order valence-corrected chi connectivity index (χ1v) is 6.76. The Morgan fingerprint density at radius 3 is 2.55 bits per heavy atom. The number of aromatic nitrogens is 1. The number of amides is 1. The molecule has 0 bridgehead atoms. The van der Waals surface area contributed by atoms with Crippen LogP contribution in [0, 0.1) is 10.1 Å². The minimum atomic E-state index is -1.17. The molecule has 0 aliphatic heterocycles. The number of nitrogens with one attached hydrogen (secondary N) is 1. The van der Waals surface area contributed by atoms with Crippen LogP contribution < -0.4 is 5.32 Å². The van der Waals surface area contributed by atoms with E-state index in [9.17, 15) is 19.7 Å². The molecule has 1 amide bonds. The van der Waals surface area contributed by atoms with Crippen molar-refractivity contribution in [2.24, 2.45) is 0 Å². The fourth-order valence-corrected chi connectivity index (χ4v) is 2.14. The number of rotatable bonds is 5. The molecule has 0 saturated carbocycles. The Kier molecular flexibility index (Phi) is 4.59. The number of non-ortho nitro benzene ring substituents is 1. The fourth-order valence-electron chi connectivity index (χ4n) is 1.46. The van der Waals surface area contributed by atoms with Crippen molar-refractivity contribution in [3.05, 3.63) is 57.1 Å². The summed E-state index contributed by atoms with van der Waals surface area (Å²) in [7, 11) is 0. The number of benzene rings is 1. The Morgan fingerprint density at radius 1 is 1.32 bits per heavy atom. The van der Waals surface area contributed by atoms with E-state index in [0.29, 0.717) is 5.56 Å². The highest BCUT2D eigenvalue weighted by atomic mass is 32.1. The number of carboxylic acid groups (broad SMARTS) is 1. The SMILES string of the molecule is O=C(/C=C/c1ccc([N+](=O)[O-])cc1)Nc1nc(C(=O)O)cs1. The number of nitrogens with zero attached hydrogens (tertiary/aromatic N) is 2. The Labute approximate surface area is 127 Å². The van der Waals surface area contributed by atoms with Crippen molar-refractivity contribution < 1.29 is 19.6 Å². The van der Waals surface area contributed by atoms with E-state index in [4.69, 9.17) is 5.11 Å². The average molecular weight is 319 g/mol. The smallest absolute Gasteiger partial charge is 0.355 e. The van der Waals surface area contributed by atoms with Crippen LogP contribution in [0.15, 0.2) is 35.7 Å². The standard InChI is InChI=1S/C13H9N3O5S/c17-11(15-13-14-10(7-22-13)12(18)19)6-3-8-1-4-9(5-2-8)16(20)21/h1-7H,(H,18,19)(H,14,15,17)/b6-3+. The van der Waals surface area contributed by atoms with Crippen LogP contribution in [0.1, 0.15) is 16.1 Å². The number of aromatic carboxylic acids is 1. The molecule has 0 radical (unpaired) electrons. The second-order valence-electron chi connectivity index (χ2n) is 4.01. The van der Waals surface area contributed by atoms with Gasteiger partial charge in [-0.2, -0.15) is 0 Å². The molecule has 2 aromatic rings. The van der Waals surface area contributed by atoms with E-state index in [1.54, 1.807) is 0 Å². The van der Waals surface area contributed by atoms with Crippen molar-refractivity contribution in [3.8, 4) is 0 Å². The Hall–Kier alpha value is -3.07. The molecule has 112 valence electrons. The van der Waals surface area contributed by atoms with Gasteiger partial charge < -0.3 is 5.11 Å². The number of nitro benzene ring substituents is 1. The minimum absolute atomic E-state index is 0.0365. The maximum absolute atomic E-state index is 11.7. The number of anilines is 1. The van der Waals surface area contributed by atoms with Gasteiger partial charge in [0.1, 0.15) is 0 Å². The quantitative estimate of drug-likeness (QED) is 0.495. The zero-order chi connectivity index (χ0) is 16.1. The van der Waals surface area contributed by atoms with E-state index in [2.05, 4.69) is 10.3 Å². The van der Waals surface area contributed by atoms with Gasteiger partial charge in [0.25, 0.3) is 5.69 Å². The molecule has 2 rings (SSSR count). The van der Waals surface area contributed by atoms with Crippen molar-refractivity contribution in [1.82, 2.24) is 4.98 Å². The van der Waals surface area contributed by atoms with Crippen LogP contribution in [0.25, 0.3) is 6.08 Å². The Bertz CT molecular complexity index is 751. The van der Waals surface area contributed by atoms with Crippen molar-refractivity contribution >= 4 is 40.1 Å². The number of nitro groups is 1. The fraction of sp³-hybridized carbons (Fsp3) is 0. The maximum atomic E-state index is 11.7. The highest BCUT2D eigenvalue weighted by Crippen LogP contribution is 2.16. The highest BCUT2D eigenvalue weighted by molar-refractivity contribution is 7.14. The van der Waals surface area contributed by atoms with Gasteiger partial charge in [-0.15, -0.1) is 11.3 Å². The van der Waals surface area contributed by atoms with Crippen LogP contribution in [0.4, 0.5) is 10.8 Å². The average Bonchev–Trinajstić information content (AvgIpc) is 2.94. The van der Waals surface area contributed by atoms with Crippen molar-refractivity contribution in [2.75, 3.05) is 5.32 Å². The summed E-state index contributed by atoms with van der Waals surface area (Å²) < 4.78 is 0. The zero-order valence-corrected chi connectivity index (χ0v) is 11.7. The van der Waals surface area contributed by atoms with E-state index < -0.39 is 16.8 Å². The summed E-state index contributed by atoms with van der Waals surface area (Å²) in [6.45, 7) is 0. The van der Waals surface area contributed by atoms with Crippen LogP contribution in [-0.2, 0) is 4.79 Å². The van der Waals surface area contributed by atoms with Crippen molar-refractivity contribution in [3.63, 3.8) is 0 Å². The first-order chi connectivity index (χ1) is 10.5. The van der Waals surface area contributed by atoms with Crippen LogP contribution >= 0.6 is 11.3 Å². The Balaban J connectivity index is 1.98. The summed E-state index contributed by atoms with van der Waals surface area (Å²) in [5, 5.41) is 23.1. The number of thiazole rings is 1. The largest absolute Gasteiger partial charge is 0.476 e. The van der Waals surface area contributed by atoms with E-state index >= 15 is 0 Å². The van der Waals surface area contributed by atoms with Crippen molar-refractivity contribution in [2.45, 2.75) is 0 Å². The normalized spacial score (nSPS) is 10.5. The third kappa shape index (κ3) is 3.96. The van der Waals surface area contributed by atoms with E-state index in [0.717, 1.165) is 11.3 Å². The molecule has 0 saturated heterocycles. The highest BCUT2D eigenvalue weighted by Gasteiger charge is 2.09. The lowest BCUT2D eigenvalue weighted by atomic mass is 10.2. The topological polar surface area (TPSA) is 122 Å². The number of carbonyl (C=O) groups excluding carboxylic acids is 1. The van der Waals surface area contributed by atoms with Gasteiger partial charge in [0, 0.05) is 23.6 Å². The number of hydrogen-bond donors (Lipinski definition) is 2. The van der Waals surface area contributed by atoms with E-state index in [1.807, 2.05) is 0 Å². The molecule has 1 aromatic carbocycles. The molecule has 9 heteroatoms. The second kappa shape index (κ2) is 6.59. The predicted octanol–water partition coefficient (Wildman–Crippen LogP) is 2.40. The van der Waals surface area contributed by atoms with Gasteiger partial charge in [-0.25, -0.2) is 9.78 Å². The minimum Gasteiger partial charge on any atom is -0.476 e. The first-order valence-electron chi connectivity index (χ1n) is 5.88. The summed E-state index contributed by atoms with van der Waals surface area (Å²) in [5.41, 5.74) is 0.441. The molecule has 0 atom stereocenters. The molecule has 0 aliphatic rings. The van der Waals surface area contributed by atoms with Gasteiger partial charge in [-0.1, -0.05) is 0 Å². The molecule has 22 heavy (non-hydrogen) atoms. The molecule has 8 nitrogen and oxygen atoms in total. The van der Waals surface area contributed by atoms with Crippen molar-refractivity contribution in [1.29, 1.82) is 0 Å². The zero-order valence-electron chi connectivity index (χ0n) is 10.9. The lowest BCUT2D eigenvalue weighted by molar-refractivity contribution is -0.384. The molecule has 0 fully saturated rings. The van der Waals surface area contributed by atoms with Gasteiger partial charge >= 0.3 is 5.97 Å². The van der Waals surface area contributed by atoms with Gasteiger partial charge in [0.05, 0.1) is 4.92 Å². The molecule has 0 unspecified atom stereocenters. The van der Waals surface area contributed by atoms with Crippen LogP contribution in [0.5, 0.6) is 0 Å². The first kappa shape index (κ1) is 15.3. The molecule has 0 aliphatic carbocycles. The summed E-state index contributed by atoms with van der Waals surface area (Å²) in [6.07, 6.45) is 2.70. The monoisotopic (exact) mass is 319 g/mol. The van der Waals surface area contributed by atoms with Gasteiger partial charge in [0.2, 0.25) is 5.91 Å². The predicted molar refractivity (Wildman–Crippen MR) is 79.8 cm³/mol. The summed E-state index contributed by atoms with van der Waals surface area (Å²) in [6, 6.07) is 5.68. The molecular weight excluding hydrogens is 310 g/mol. The molecule has 1 heterocycles. The van der Waals surface area contributed by atoms with Crippen LogP contribution in [-0.4, -0.2) is 26.9 Å². The second-order valence-corrected chi connectivity index (χ2v) is 4.87.